The quantitative estimate of drug-likeness (QED) is 0.911. The number of carboxylic acid groups (broad SMARTS) is 1. The molecule has 4 heteroatoms. The van der Waals surface area contributed by atoms with Gasteiger partial charge in [-0.3, -0.25) is 4.90 Å². The van der Waals surface area contributed by atoms with E-state index in [1.165, 1.54) is 38.0 Å². The SMILES string of the molecule is CN(Cc1ccc(C(=O)O)cc1)C1CCN2CCC1C2. The average molecular weight is 274 g/mol. The fourth-order valence-corrected chi connectivity index (χ4v) is 3.67. The zero-order valence-corrected chi connectivity index (χ0v) is 12.0. The van der Waals surface area contributed by atoms with Crippen molar-refractivity contribution in [3.05, 3.63) is 35.4 Å². The largest absolute Gasteiger partial charge is 0.478 e. The van der Waals surface area contributed by atoms with Gasteiger partial charge in [0.2, 0.25) is 0 Å². The number of fused-ring (bicyclic) bond motifs is 2. The van der Waals surface area contributed by atoms with E-state index in [9.17, 15) is 4.79 Å². The van der Waals surface area contributed by atoms with E-state index in [0.29, 0.717) is 11.6 Å². The number of nitrogens with zero attached hydrogens (tertiary/aromatic N) is 2. The van der Waals surface area contributed by atoms with Crippen LogP contribution in [-0.2, 0) is 6.54 Å². The highest BCUT2D eigenvalue weighted by molar-refractivity contribution is 5.87. The summed E-state index contributed by atoms with van der Waals surface area (Å²) in [5, 5.41) is 8.92. The molecule has 2 aliphatic heterocycles. The van der Waals surface area contributed by atoms with Crippen LogP contribution in [0.1, 0.15) is 28.8 Å². The van der Waals surface area contributed by atoms with E-state index in [0.717, 1.165) is 12.5 Å². The number of benzene rings is 1. The van der Waals surface area contributed by atoms with Crippen molar-refractivity contribution in [1.29, 1.82) is 0 Å². The maximum absolute atomic E-state index is 10.9. The van der Waals surface area contributed by atoms with E-state index in [4.69, 9.17) is 5.11 Å². The Morgan fingerprint density at radius 1 is 1.30 bits per heavy atom. The zero-order chi connectivity index (χ0) is 14.1. The molecule has 0 saturated carbocycles. The van der Waals surface area contributed by atoms with Crippen LogP contribution in [-0.4, -0.2) is 53.6 Å². The van der Waals surface area contributed by atoms with Crippen molar-refractivity contribution in [1.82, 2.24) is 9.80 Å². The molecule has 0 amide bonds. The van der Waals surface area contributed by atoms with Crippen LogP contribution >= 0.6 is 0 Å². The highest BCUT2D eigenvalue weighted by atomic mass is 16.4. The van der Waals surface area contributed by atoms with Gasteiger partial charge in [0.1, 0.15) is 0 Å². The first-order valence-corrected chi connectivity index (χ1v) is 7.38. The fraction of sp³-hybridized carbons (Fsp3) is 0.562. The average Bonchev–Trinajstić information content (AvgIpc) is 2.81. The van der Waals surface area contributed by atoms with Gasteiger partial charge in [-0.2, -0.15) is 0 Å². The highest BCUT2D eigenvalue weighted by Gasteiger charge is 2.35. The van der Waals surface area contributed by atoms with E-state index in [1.807, 2.05) is 12.1 Å². The lowest BCUT2D eigenvalue weighted by molar-refractivity contribution is 0.0697. The number of carboxylic acids is 1. The molecule has 2 saturated heterocycles. The summed E-state index contributed by atoms with van der Waals surface area (Å²) >= 11 is 0. The molecule has 1 aromatic carbocycles. The maximum Gasteiger partial charge on any atom is 0.335 e. The van der Waals surface area contributed by atoms with Crippen LogP contribution in [0.2, 0.25) is 0 Å². The van der Waals surface area contributed by atoms with Crippen molar-refractivity contribution >= 4 is 5.97 Å². The fourth-order valence-electron chi connectivity index (χ4n) is 3.67. The van der Waals surface area contributed by atoms with Crippen molar-refractivity contribution in [3.8, 4) is 0 Å². The van der Waals surface area contributed by atoms with Gasteiger partial charge in [0.15, 0.2) is 0 Å². The molecule has 3 atom stereocenters. The monoisotopic (exact) mass is 274 g/mol. The molecule has 2 aliphatic rings. The van der Waals surface area contributed by atoms with Gasteiger partial charge in [-0.05, 0) is 56.6 Å². The van der Waals surface area contributed by atoms with Gasteiger partial charge in [0.25, 0.3) is 0 Å². The van der Waals surface area contributed by atoms with Crippen LogP contribution in [0, 0.1) is 5.92 Å². The van der Waals surface area contributed by atoms with Gasteiger partial charge in [-0.1, -0.05) is 12.1 Å². The van der Waals surface area contributed by atoms with E-state index >= 15 is 0 Å². The first kappa shape index (κ1) is 13.6. The van der Waals surface area contributed by atoms with Gasteiger partial charge < -0.3 is 10.0 Å². The van der Waals surface area contributed by atoms with Crippen molar-refractivity contribution in [2.24, 2.45) is 5.92 Å². The summed E-state index contributed by atoms with van der Waals surface area (Å²) < 4.78 is 0. The van der Waals surface area contributed by atoms with Crippen LogP contribution in [0.5, 0.6) is 0 Å². The van der Waals surface area contributed by atoms with Crippen LogP contribution in [0.15, 0.2) is 24.3 Å². The Kier molecular flexibility index (Phi) is 3.76. The second kappa shape index (κ2) is 5.54. The molecule has 0 aromatic heterocycles. The first-order chi connectivity index (χ1) is 9.63. The molecule has 0 spiro atoms. The number of aromatic carboxylic acids is 1. The summed E-state index contributed by atoms with van der Waals surface area (Å²) in [6.07, 6.45) is 2.58. The molecule has 0 radical (unpaired) electrons. The normalized spacial score (nSPS) is 28.8. The minimum absolute atomic E-state index is 0.362. The van der Waals surface area contributed by atoms with Crippen LogP contribution in [0.3, 0.4) is 0 Å². The zero-order valence-electron chi connectivity index (χ0n) is 12.0. The third-order valence-corrected chi connectivity index (χ3v) is 4.79. The molecule has 0 aliphatic carbocycles. The number of carbonyl (C=O) groups is 1. The molecule has 3 unspecified atom stereocenters. The van der Waals surface area contributed by atoms with Gasteiger partial charge in [-0.15, -0.1) is 0 Å². The predicted octanol–water partition coefficient (Wildman–Crippen LogP) is 1.91. The Bertz CT molecular complexity index is 486. The Hall–Kier alpha value is -1.39. The van der Waals surface area contributed by atoms with E-state index in [-0.39, 0.29) is 0 Å². The molecule has 2 fully saturated rings. The maximum atomic E-state index is 10.9. The summed E-state index contributed by atoms with van der Waals surface area (Å²) in [5.74, 6) is -0.0460. The second-order valence-electron chi connectivity index (χ2n) is 6.12. The van der Waals surface area contributed by atoms with E-state index < -0.39 is 5.97 Å². The molecule has 2 bridgehead atoms. The molecule has 1 aromatic rings. The second-order valence-corrected chi connectivity index (χ2v) is 6.12. The lowest BCUT2D eigenvalue weighted by Crippen LogP contribution is -2.44. The Balaban J connectivity index is 1.63. The lowest BCUT2D eigenvalue weighted by Gasteiger charge is -2.37. The minimum atomic E-state index is -0.858. The molecule has 2 heterocycles. The van der Waals surface area contributed by atoms with Crippen LogP contribution < -0.4 is 0 Å². The highest BCUT2D eigenvalue weighted by Crippen LogP contribution is 2.30. The van der Waals surface area contributed by atoms with Gasteiger partial charge >= 0.3 is 5.97 Å². The van der Waals surface area contributed by atoms with Crippen molar-refractivity contribution in [2.75, 3.05) is 26.7 Å². The Morgan fingerprint density at radius 2 is 2.00 bits per heavy atom. The lowest BCUT2D eigenvalue weighted by atomic mass is 9.92. The molecular weight excluding hydrogens is 252 g/mol. The molecule has 1 N–H and O–H groups in total. The van der Waals surface area contributed by atoms with Gasteiger partial charge in [0.05, 0.1) is 5.56 Å². The van der Waals surface area contributed by atoms with Crippen LogP contribution in [0.4, 0.5) is 0 Å². The summed E-state index contributed by atoms with van der Waals surface area (Å²) in [5.41, 5.74) is 1.55. The minimum Gasteiger partial charge on any atom is -0.478 e. The number of piperidine rings is 1. The third-order valence-electron chi connectivity index (χ3n) is 4.79. The Morgan fingerprint density at radius 3 is 2.70 bits per heavy atom. The summed E-state index contributed by atoms with van der Waals surface area (Å²) in [6, 6.07) is 7.94. The van der Waals surface area contributed by atoms with Crippen LogP contribution in [0.25, 0.3) is 0 Å². The molecule has 3 rings (SSSR count). The number of hydrogen-bond donors (Lipinski definition) is 1. The van der Waals surface area contributed by atoms with Crippen molar-refractivity contribution in [2.45, 2.75) is 25.4 Å². The summed E-state index contributed by atoms with van der Waals surface area (Å²) in [4.78, 5) is 15.9. The summed E-state index contributed by atoms with van der Waals surface area (Å²) in [6.45, 7) is 4.65. The Labute approximate surface area is 120 Å². The standard InChI is InChI=1S/C16H22N2O2/c1-17(15-7-9-18-8-6-14(15)11-18)10-12-2-4-13(5-3-12)16(19)20/h2-5,14-15H,6-11H2,1H3,(H,19,20). The van der Waals surface area contributed by atoms with Gasteiger partial charge in [0, 0.05) is 19.1 Å². The number of rotatable bonds is 4. The smallest absolute Gasteiger partial charge is 0.335 e. The molecule has 4 nitrogen and oxygen atoms in total. The van der Waals surface area contributed by atoms with Crippen molar-refractivity contribution < 1.29 is 9.90 Å². The van der Waals surface area contributed by atoms with E-state index in [2.05, 4.69) is 16.8 Å². The summed E-state index contributed by atoms with van der Waals surface area (Å²) in [7, 11) is 2.20. The molecular formula is C16H22N2O2. The first-order valence-electron chi connectivity index (χ1n) is 7.38. The van der Waals surface area contributed by atoms with Gasteiger partial charge in [-0.25, -0.2) is 4.79 Å². The van der Waals surface area contributed by atoms with E-state index in [1.54, 1.807) is 12.1 Å². The topological polar surface area (TPSA) is 43.8 Å². The van der Waals surface area contributed by atoms with Crippen molar-refractivity contribution in [3.63, 3.8) is 0 Å². The number of hydrogen-bond acceptors (Lipinski definition) is 3. The predicted molar refractivity (Wildman–Crippen MR) is 77.8 cm³/mol. The third kappa shape index (κ3) is 2.72. The molecule has 20 heavy (non-hydrogen) atoms. The molecule has 108 valence electrons.